The molecule has 0 spiro atoms. The molecule has 23 heavy (non-hydrogen) atoms. The molecule has 3 N–H and O–H groups in total. The van der Waals surface area contributed by atoms with Crippen molar-refractivity contribution in [2.45, 2.75) is 23.9 Å². The zero-order valence-corrected chi connectivity index (χ0v) is 13.5. The van der Waals surface area contributed by atoms with E-state index in [4.69, 9.17) is 5.73 Å². The highest BCUT2D eigenvalue weighted by molar-refractivity contribution is 7.89. The third-order valence-electron chi connectivity index (χ3n) is 2.53. The van der Waals surface area contributed by atoms with E-state index in [1.165, 1.54) is 24.3 Å². The molecule has 0 radical (unpaired) electrons. The van der Waals surface area contributed by atoms with Gasteiger partial charge in [0.2, 0.25) is 10.0 Å². The average molecular weight is 381 g/mol. The van der Waals surface area contributed by atoms with Gasteiger partial charge < -0.3 is 10.5 Å². The second kappa shape index (κ2) is 9.38. The smallest absolute Gasteiger partial charge is 0.330 e. The molecule has 0 bridgehead atoms. The second-order valence-electron chi connectivity index (χ2n) is 4.39. The number of hydrogen-bond acceptors (Lipinski definition) is 4. The van der Waals surface area contributed by atoms with Crippen molar-refractivity contribution in [2.24, 2.45) is 5.73 Å². The van der Waals surface area contributed by atoms with Gasteiger partial charge in [0, 0.05) is 13.1 Å². The van der Waals surface area contributed by atoms with Crippen LogP contribution in [0.25, 0.3) is 0 Å². The fraction of sp³-hybridized carbons (Fsp3) is 0.500. The van der Waals surface area contributed by atoms with E-state index in [1.54, 1.807) is 0 Å². The van der Waals surface area contributed by atoms with Gasteiger partial charge in [0.15, 0.2) is 0 Å². The number of rotatable bonds is 9. The fourth-order valence-corrected chi connectivity index (χ4v) is 2.56. The molecule has 0 saturated carbocycles. The van der Waals surface area contributed by atoms with Crippen LogP contribution in [0, 0.1) is 0 Å². The second-order valence-corrected chi connectivity index (χ2v) is 6.16. The number of ether oxygens (including phenoxy) is 1. The quantitative estimate of drug-likeness (QED) is 0.640. The van der Waals surface area contributed by atoms with Crippen molar-refractivity contribution in [1.82, 2.24) is 4.72 Å². The molecule has 1 aromatic carbocycles. The normalized spacial score (nSPS) is 12.3. The Morgan fingerprint density at radius 3 is 2.52 bits per heavy atom. The van der Waals surface area contributed by atoms with Crippen LogP contribution in [0.1, 0.15) is 5.56 Å². The van der Waals surface area contributed by atoms with Crippen molar-refractivity contribution >= 4 is 22.4 Å². The molecule has 0 fully saturated rings. The molecule has 0 aromatic heterocycles. The predicted octanol–water partition coefficient (Wildman–Crippen LogP) is 1.76. The summed E-state index contributed by atoms with van der Waals surface area (Å²) in [5, 5.41) is 0. The van der Waals surface area contributed by atoms with Crippen molar-refractivity contribution in [3.63, 3.8) is 0 Å². The van der Waals surface area contributed by atoms with Crippen molar-refractivity contribution in [3.8, 4) is 0 Å². The molecule has 0 unspecified atom stereocenters. The van der Waals surface area contributed by atoms with E-state index < -0.39 is 35.6 Å². The molecule has 0 atom stereocenters. The van der Waals surface area contributed by atoms with Crippen LogP contribution in [-0.2, 0) is 21.4 Å². The van der Waals surface area contributed by atoms with E-state index in [1.807, 2.05) is 0 Å². The molecule has 0 heterocycles. The minimum absolute atomic E-state index is 0. The van der Waals surface area contributed by atoms with Gasteiger partial charge in [-0.15, -0.1) is 12.4 Å². The van der Waals surface area contributed by atoms with Crippen LogP contribution in [0.5, 0.6) is 0 Å². The first-order valence-corrected chi connectivity index (χ1v) is 7.70. The summed E-state index contributed by atoms with van der Waals surface area (Å²) < 4.78 is 79.7. The lowest BCUT2D eigenvalue weighted by Crippen LogP contribution is -2.32. The Balaban J connectivity index is 0.00000484. The summed E-state index contributed by atoms with van der Waals surface area (Å²) in [5.41, 5.74) is 5.46. The summed E-state index contributed by atoms with van der Waals surface area (Å²) in [6.07, 6.45) is -3.82. The molecule has 11 heteroatoms. The monoisotopic (exact) mass is 380 g/mol. The van der Waals surface area contributed by atoms with E-state index in [0.29, 0.717) is 0 Å². The molecule has 134 valence electrons. The van der Waals surface area contributed by atoms with Gasteiger partial charge in [-0.25, -0.2) is 21.9 Å². The molecule has 0 aliphatic carbocycles. The standard InChI is InChI=1S/C12H16F4N2O3S.ClH/c13-11(14)12(15,16)8-21-7-9-2-1-3-10(6-9)22(19,20)18-5-4-17;/h1-3,6,11,18H,4-5,7-8,17H2;1H. The largest absolute Gasteiger partial charge is 0.370 e. The molecule has 0 aliphatic rings. The van der Waals surface area contributed by atoms with E-state index in [2.05, 4.69) is 9.46 Å². The lowest BCUT2D eigenvalue weighted by molar-refractivity contribution is -0.168. The van der Waals surface area contributed by atoms with E-state index in [0.717, 1.165) is 0 Å². The average Bonchev–Trinajstić information content (AvgIpc) is 2.45. The first-order chi connectivity index (χ1) is 10.2. The minimum atomic E-state index is -4.24. The van der Waals surface area contributed by atoms with Crippen LogP contribution in [0.4, 0.5) is 17.6 Å². The van der Waals surface area contributed by atoms with E-state index in [-0.39, 0.29) is 36.0 Å². The maximum atomic E-state index is 12.7. The Morgan fingerprint density at radius 1 is 1.30 bits per heavy atom. The van der Waals surface area contributed by atoms with Crippen molar-refractivity contribution in [2.75, 3.05) is 19.7 Å². The van der Waals surface area contributed by atoms with Crippen LogP contribution >= 0.6 is 12.4 Å². The Morgan fingerprint density at radius 2 is 1.96 bits per heavy atom. The zero-order chi connectivity index (χ0) is 16.8. The van der Waals surface area contributed by atoms with Crippen LogP contribution < -0.4 is 10.5 Å². The molecule has 0 aliphatic heterocycles. The molecule has 1 aromatic rings. The number of halogens is 5. The van der Waals surface area contributed by atoms with Gasteiger partial charge in [0.25, 0.3) is 0 Å². The first-order valence-electron chi connectivity index (χ1n) is 6.21. The third-order valence-corrected chi connectivity index (χ3v) is 3.99. The Bertz CT molecular complexity index is 587. The highest BCUT2D eigenvalue weighted by Crippen LogP contribution is 2.23. The highest BCUT2D eigenvalue weighted by atomic mass is 35.5. The van der Waals surface area contributed by atoms with Crippen LogP contribution in [0.3, 0.4) is 0 Å². The predicted molar refractivity (Wildman–Crippen MR) is 78.5 cm³/mol. The molecular formula is C12H17ClF4N2O3S. The number of sulfonamides is 1. The summed E-state index contributed by atoms with van der Waals surface area (Å²) in [5.74, 6) is -4.24. The molecule has 0 saturated heterocycles. The van der Waals surface area contributed by atoms with Gasteiger partial charge in [-0.05, 0) is 17.7 Å². The van der Waals surface area contributed by atoms with Crippen LogP contribution in [0.2, 0.25) is 0 Å². The number of benzene rings is 1. The Labute approximate surface area is 137 Å². The first kappa shape index (κ1) is 22.1. The summed E-state index contributed by atoms with van der Waals surface area (Å²) in [4.78, 5) is -0.0948. The van der Waals surface area contributed by atoms with Crippen LogP contribution in [-0.4, -0.2) is 40.5 Å². The van der Waals surface area contributed by atoms with E-state index in [9.17, 15) is 26.0 Å². The summed E-state index contributed by atoms with van der Waals surface area (Å²) >= 11 is 0. The summed E-state index contributed by atoms with van der Waals surface area (Å²) in [6.45, 7) is -1.70. The number of alkyl halides is 4. The van der Waals surface area contributed by atoms with Gasteiger partial charge in [0.05, 0.1) is 11.5 Å². The lowest BCUT2D eigenvalue weighted by Gasteiger charge is -2.15. The maximum absolute atomic E-state index is 12.7. The maximum Gasteiger partial charge on any atom is 0.330 e. The van der Waals surface area contributed by atoms with Gasteiger partial charge in [0.1, 0.15) is 6.61 Å². The minimum Gasteiger partial charge on any atom is -0.370 e. The topological polar surface area (TPSA) is 81.4 Å². The zero-order valence-electron chi connectivity index (χ0n) is 11.8. The third kappa shape index (κ3) is 7.00. The van der Waals surface area contributed by atoms with Crippen molar-refractivity contribution in [1.29, 1.82) is 0 Å². The Kier molecular flexibility index (Phi) is 9.00. The summed E-state index contributed by atoms with van der Waals surface area (Å²) in [6, 6.07) is 5.33. The number of nitrogens with two attached hydrogens (primary N) is 1. The SMILES string of the molecule is Cl.NCCNS(=O)(=O)c1cccc(COCC(F)(F)C(F)F)c1. The Hall–Kier alpha value is -0.940. The summed E-state index contributed by atoms with van der Waals surface area (Å²) in [7, 11) is -3.77. The van der Waals surface area contributed by atoms with Gasteiger partial charge in [-0.1, -0.05) is 12.1 Å². The fourth-order valence-electron chi connectivity index (χ4n) is 1.45. The molecule has 5 nitrogen and oxygen atoms in total. The molecule has 1 rings (SSSR count). The van der Waals surface area contributed by atoms with Gasteiger partial charge in [-0.2, -0.15) is 8.78 Å². The van der Waals surface area contributed by atoms with Crippen LogP contribution in [0.15, 0.2) is 29.2 Å². The van der Waals surface area contributed by atoms with Crippen molar-refractivity contribution in [3.05, 3.63) is 29.8 Å². The molecular weight excluding hydrogens is 364 g/mol. The van der Waals surface area contributed by atoms with E-state index >= 15 is 0 Å². The number of nitrogens with one attached hydrogen (secondary N) is 1. The van der Waals surface area contributed by atoms with Gasteiger partial charge >= 0.3 is 12.3 Å². The molecule has 0 amide bonds. The van der Waals surface area contributed by atoms with Gasteiger partial charge in [-0.3, -0.25) is 0 Å². The number of hydrogen-bond donors (Lipinski definition) is 2. The highest BCUT2D eigenvalue weighted by Gasteiger charge is 2.40. The van der Waals surface area contributed by atoms with Crippen molar-refractivity contribution < 1.29 is 30.7 Å². The lowest BCUT2D eigenvalue weighted by atomic mass is 10.2.